The van der Waals surface area contributed by atoms with Crippen LogP contribution in [0.1, 0.15) is 42.8 Å². The van der Waals surface area contributed by atoms with Gasteiger partial charge in [0.25, 0.3) is 5.91 Å². The summed E-state index contributed by atoms with van der Waals surface area (Å²) in [5.41, 5.74) is 0.954. The van der Waals surface area contributed by atoms with Crippen LogP contribution in [0.4, 0.5) is 0 Å². The molecular weight excluding hydrogens is 392 g/mol. The second-order valence-electron chi connectivity index (χ2n) is 7.16. The molecule has 7 heteroatoms. The third-order valence-electron chi connectivity index (χ3n) is 5.12. The maximum Gasteiger partial charge on any atom is 0.348 e. The van der Waals surface area contributed by atoms with Crippen LogP contribution in [0.25, 0.3) is 20.1 Å². The molecule has 1 amide bonds. The highest BCUT2D eigenvalue weighted by atomic mass is 32.1. The maximum atomic E-state index is 12.5. The van der Waals surface area contributed by atoms with E-state index >= 15 is 0 Å². The summed E-state index contributed by atoms with van der Waals surface area (Å²) in [5.74, 6) is -0.570. The molecule has 1 aromatic carbocycles. The highest BCUT2D eigenvalue weighted by Crippen LogP contribution is 2.34. The maximum absolute atomic E-state index is 12.5. The first-order chi connectivity index (χ1) is 13.5. The topological polar surface area (TPSA) is 59.5 Å². The van der Waals surface area contributed by atoms with Crippen LogP contribution >= 0.6 is 22.7 Å². The van der Waals surface area contributed by atoms with Crippen molar-refractivity contribution in [3.8, 4) is 9.88 Å². The summed E-state index contributed by atoms with van der Waals surface area (Å²) < 4.78 is 6.43. The molecule has 5 nitrogen and oxygen atoms in total. The number of amides is 1. The third-order valence-corrected chi connectivity index (χ3v) is 7.39. The van der Waals surface area contributed by atoms with Crippen molar-refractivity contribution < 1.29 is 14.3 Å². The van der Waals surface area contributed by atoms with Crippen molar-refractivity contribution in [2.45, 2.75) is 45.2 Å². The number of aromatic nitrogens is 1. The Kier molecular flexibility index (Phi) is 5.46. The fourth-order valence-corrected chi connectivity index (χ4v) is 5.65. The van der Waals surface area contributed by atoms with Gasteiger partial charge in [-0.05, 0) is 57.4 Å². The largest absolute Gasteiger partial charge is 0.451 e. The van der Waals surface area contributed by atoms with Gasteiger partial charge in [0.05, 0.1) is 15.1 Å². The normalized spacial score (nSPS) is 19.7. The smallest absolute Gasteiger partial charge is 0.348 e. The first-order valence-electron chi connectivity index (χ1n) is 9.47. The number of esters is 1. The Balaban J connectivity index is 1.41. The van der Waals surface area contributed by atoms with Crippen molar-refractivity contribution in [3.05, 3.63) is 41.3 Å². The second kappa shape index (κ2) is 8.01. The Morgan fingerprint density at radius 1 is 1.11 bits per heavy atom. The standard InChI is InChI=1S/C21H22N2O3S2/c1-13-6-5-7-14(2)23(13)19(24)12-26-21(25)18-11-10-17(27-18)20-22-15-8-3-4-9-16(15)28-20/h3-4,8-11,13-14H,5-7,12H2,1-2H3. The number of carbonyl (C=O) groups excluding carboxylic acids is 2. The molecule has 1 aliphatic rings. The lowest BCUT2D eigenvalue weighted by Crippen LogP contribution is -2.49. The van der Waals surface area contributed by atoms with Gasteiger partial charge in [0.2, 0.25) is 0 Å². The summed E-state index contributed by atoms with van der Waals surface area (Å²) in [6.07, 6.45) is 3.14. The molecule has 0 spiro atoms. The summed E-state index contributed by atoms with van der Waals surface area (Å²) in [6, 6.07) is 12.0. The van der Waals surface area contributed by atoms with Crippen molar-refractivity contribution in [1.29, 1.82) is 0 Å². The van der Waals surface area contributed by atoms with Gasteiger partial charge in [0.15, 0.2) is 6.61 Å². The molecule has 146 valence electrons. The van der Waals surface area contributed by atoms with Gasteiger partial charge in [-0.15, -0.1) is 22.7 Å². The lowest BCUT2D eigenvalue weighted by atomic mass is 9.97. The van der Waals surface area contributed by atoms with Crippen LogP contribution in [0.2, 0.25) is 0 Å². The van der Waals surface area contributed by atoms with E-state index in [0.29, 0.717) is 4.88 Å². The Hall–Kier alpha value is -2.25. The van der Waals surface area contributed by atoms with Crippen molar-refractivity contribution >= 4 is 44.8 Å². The molecule has 3 aromatic rings. The molecule has 4 rings (SSSR count). The molecule has 0 saturated carbocycles. The Bertz CT molecular complexity index is 967. The first-order valence-corrected chi connectivity index (χ1v) is 11.1. The van der Waals surface area contributed by atoms with E-state index in [-0.39, 0.29) is 24.6 Å². The van der Waals surface area contributed by atoms with E-state index < -0.39 is 5.97 Å². The van der Waals surface area contributed by atoms with E-state index in [0.717, 1.165) is 39.4 Å². The zero-order valence-corrected chi connectivity index (χ0v) is 17.5. The van der Waals surface area contributed by atoms with Crippen LogP contribution in [0.5, 0.6) is 0 Å². The molecule has 2 unspecified atom stereocenters. The van der Waals surface area contributed by atoms with Crippen molar-refractivity contribution in [1.82, 2.24) is 9.88 Å². The SMILES string of the molecule is CC1CCCC(C)N1C(=O)COC(=O)c1ccc(-c2nc3ccccc3s2)s1. The average molecular weight is 415 g/mol. The van der Waals surface area contributed by atoms with Gasteiger partial charge in [-0.2, -0.15) is 0 Å². The number of fused-ring (bicyclic) bond motifs is 1. The molecule has 1 aliphatic heterocycles. The van der Waals surface area contributed by atoms with Crippen molar-refractivity contribution in [2.75, 3.05) is 6.61 Å². The predicted octanol–water partition coefficient (Wildman–Crippen LogP) is 4.97. The summed E-state index contributed by atoms with van der Waals surface area (Å²) in [5, 5.41) is 0.886. The minimum atomic E-state index is -0.456. The van der Waals surface area contributed by atoms with E-state index in [4.69, 9.17) is 4.74 Å². The van der Waals surface area contributed by atoms with Gasteiger partial charge in [0, 0.05) is 12.1 Å². The van der Waals surface area contributed by atoms with E-state index in [1.54, 1.807) is 17.4 Å². The van der Waals surface area contributed by atoms with Crippen LogP contribution in [0.15, 0.2) is 36.4 Å². The molecule has 0 aliphatic carbocycles. The van der Waals surface area contributed by atoms with E-state index in [1.807, 2.05) is 35.2 Å². The molecule has 1 fully saturated rings. The van der Waals surface area contributed by atoms with Crippen LogP contribution in [-0.4, -0.2) is 40.5 Å². The summed E-state index contributed by atoms with van der Waals surface area (Å²) >= 11 is 2.95. The van der Waals surface area contributed by atoms with E-state index in [2.05, 4.69) is 18.8 Å². The van der Waals surface area contributed by atoms with Crippen LogP contribution in [-0.2, 0) is 9.53 Å². The zero-order chi connectivity index (χ0) is 19.7. The molecule has 28 heavy (non-hydrogen) atoms. The number of thiazole rings is 1. The number of hydrogen-bond acceptors (Lipinski definition) is 6. The fourth-order valence-electron chi connectivity index (χ4n) is 3.73. The van der Waals surface area contributed by atoms with Crippen LogP contribution < -0.4 is 0 Å². The van der Waals surface area contributed by atoms with Gasteiger partial charge in [0.1, 0.15) is 9.88 Å². The number of likely N-dealkylation sites (tertiary alicyclic amines) is 1. The van der Waals surface area contributed by atoms with Crippen LogP contribution in [0, 0.1) is 0 Å². The minimum absolute atomic E-state index is 0.115. The zero-order valence-electron chi connectivity index (χ0n) is 15.9. The van der Waals surface area contributed by atoms with Gasteiger partial charge >= 0.3 is 5.97 Å². The molecule has 2 atom stereocenters. The van der Waals surface area contributed by atoms with Gasteiger partial charge < -0.3 is 9.64 Å². The first kappa shape index (κ1) is 19.1. The predicted molar refractivity (Wildman–Crippen MR) is 113 cm³/mol. The summed E-state index contributed by atoms with van der Waals surface area (Å²) in [4.78, 5) is 32.8. The highest BCUT2D eigenvalue weighted by Gasteiger charge is 2.29. The van der Waals surface area contributed by atoms with Crippen molar-refractivity contribution in [3.63, 3.8) is 0 Å². The van der Waals surface area contributed by atoms with Gasteiger partial charge in [-0.3, -0.25) is 4.79 Å². The lowest BCUT2D eigenvalue weighted by molar-refractivity contribution is -0.140. The number of para-hydroxylation sites is 1. The molecule has 1 saturated heterocycles. The molecule has 2 aromatic heterocycles. The Morgan fingerprint density at radius 2 is 1.86 bits per heavy atom. The number of hydrogen-bond donors (Lipinski definition) is 0. The van der Waals surface area contributed by atoms with Crippen LogP contribution in [0.3, 0.4) is 0 Å². The number of thiophene rings is 1. The Labute approximate surface area is 172 Å². The molecule has 0 bridgehead atoms. The Morgan fingerprint density at radius 3 is 2.61 bits per heavy atom. The molecular formula is C21H22N2O3S2. The van der Waals surface area contributed by atoms with Gasteiger partial charge in [-0.1, -0.05) is 12.1 Å². The van der Waals surface area contributed by atoms with E-state index in [1.165, 1.54) is 11.3 Å². The molecule has 3 heterocycles. The molecule has 0 radical (unpaired) electrons. The fraction of sp³-hybridized carbons (Fsp3) is 0.381. The number of carbonyl (C=O) groups is 2. The number of rotatable bonds is 4. The highest BCUT2D eigenvalue weighted by molar-refractivity contribution is 7.26. The van der Waals surface area contributed by atoms with Gasteiger partial charge in [-0.25, -0.2) is 9.78 Å². The van der Waals surface area contributed by atoms with E-state index in [9.17, 15) is 9.59 Å². The van der Waals surface area contributed by atoms with Crippen molar-refractivity contribution in [2.24, 2.45) is 0 Å². The third kappa shape index (κ3) is 3.82. The summed E-state index contributed by atoms with van der Waals surface area (Å²) in [6.45, 7) is 3.90. The average Bonchev–Trinajstić information content (AvgIpc) is 3.32. The number of piperidine rings is 1. The summed E-state index contributed by atoms with van der Waals surface area (Å²) in [7, 11) is 0. The number of nitrogens with zero attached hydrogens (tertiary/aromatic N) is 2. The monoisotopic (exact) mass is 414 g/mol. The number of benzene rings is 1. The minimum Gasteiger partial charge on any atom is -0.451 e. The number of ether oxygens (including phenoxy) is 1. The quantitative estimate of drug-likeness (QED) is 0.566. The molecule has 0 N–H and O–H groups in total. The lowest BCUT2D eigenvalue weighted by Gasteiger charge is -2.38. The second-order valence-corrected chi connectivity index (χ2v) is 9.27.